The average molecular weight is 350 g/mol. The summed E-state index contributed by atoms with van der Waals surface area (Å²) in [6.07, 6.45) is 0.578. The van der Waals surface area contributed by atoms with Crippen LogP contribution in [-0.4, -0.2) is 33.8 Å². The zero-order chi connectivity index (χ0) is 16.1. The van der Waals surface area contributed by atoms with Crippen LogP contribution in [0.5, 0.6) is 0 Å². The number of carboxylic acids is 1. The molecule has 22 heavy (non-hydrogen) atoms. The van der Waals surface area contributed by atoms with Crippen LogP contribution >= 0.6 is 19.8 Å². The monoisotopic (exact) mass is 349 g/mol. The summed E-state index contributed by atoms with van der Waals surface area (Å²) in [7, 11) is -3.38. The minimum absolute atomic E-state index is 0. The summed E-state index contributed by atoms with van der Waals surface area (Å²) in [5, 5.41) is 9.21. The third-order valence-corrected chi connectivity index (χ3v) is 5.74. The molecule has 5 nitrogen and oxygen atoms in total. The third-order valence-electron chi connectivity index (χ3n) is 3.90. The summed E-state index contributed by atoms with van der Waals surface area (Å²) in [6, 6.07) is 9.45. The normalized spacial score (nSPS) is 16.4. The molecule has 0 aliphatic rings. The van der Waals surface area contributed by atoms with Crippen molar-refractivity contribution in [2.45, 2.75) is 32.2 Å². The molecule has 0 saturated heterocycles. The summed E-state index contributed by atoms with van der Waals surface area (Å²) >= 11 is 0. The van der Waals surface area contributed by atoms with Gasteiger partial charge >= 0.3 is 5.97 Å². The Bertz CT molecular complexity index is 524. The molecule has 0 bridgehead atoms. The molecule has 4 N–H and O–H groups in total. The van der Waals surface area contributed by atoms with Gasteiger partial charge in [-0.05, 0) is 24.3 Å². The summed E-state index contributed by atoms with van der Waals surface area (Å²) < 4.78 is 12.2. The highest BCUT2D eigenvalue weighted by molar-refractivity contribution is 7.57. The second kappa shape index (κ2) is 8.68. The van der Waals surface area contributed by atoms with E-state index < -0.39 is 18.9 Å². The molecule has 0 fully saturated rings. The first-order chi connectivity index (χ1) is 9.67. The lowest BCUT2D eigenvalue weighted by molar-refractivity contribution is -0.145. The molecule has 126 valence electrons. The van der Waals surface area contributed by atoms with Crippen LogP contribution in [0.25, 0.3) is 0 Å². The van der Waals surface area contributed by atoms with Crippen LogP contribution < -0.4 is 5.73 Å². The van der Waals surface area contributed by atoms with E-state index in [1.165, 1.54) is 0 Å². The van der Waals surface area contributed by atoms with Gasteiger partial charge in [0.1, 0.15) is 5.54 Å². The molecule has 1 aromatic carbocycles. The standard InChI is InChI=1S/C15H24NO4P.ClH/c1-12(2)15(16,14(17)18)9-11-21(19,20)10-8-13-6-4-3-5-7-13;/h3-7,12H,8-11,16H2,1-2H3,(H,17,18)(H,19,20);1H. The number of aryl methyl sites for hydroxylation is 1. The maximum absolute atomic E-state index is 12.2. The van der Waals surface area contributed by atoms with Crippen LogP contribution in [0.2, 0.25) is 0 Å². The quantitative estimate of drug-likeness (QED) is 0.626. The van der Waals surface area contributed by atoms with Crippen molar-refractivity contribution in [2.24, 2.45) is 11.7 Å². The molecule has 0 aliphatic heterocycles. The number of aliphatic carboxylic acids is 1. The van der Waals surface area contributed by atoms with Crippen LogP contribution in [-0.2, 0) is 15.8 Å². The molecule has 0 amide bonds. The number of halogens is 1. The molecule has 0 saturated carbocycles. The van der Waals surface area contributed by atoms with Crippen LogP contribution in [0.3, 0.4) is 0 Å². The van der Waals surface area contributed by atoms with Crippen molar-refractivity contribution in [3.8, 4) is 0 Å². The fourth-order valence-corrected chi connectivity index (χ4v) is 3.61. The number of nitrogens with two attached hydrogens (primary N) is 1. The van der Waals surface area contributed by atoms with Crippen molar-refractivity contribution >= 4 is 25.7 Å². The van der Waals surface area contributed by atoms with Gasteiger partial charge in [0, 0.05) is 12.3 Å². The fraction of sp³-hybridized carbons (Fsp3) is 0.533. The van der Waals surface area contributed by atoms with E-state index in [0.717, 1.165) is 5.56 Å². The summed E-state index contributed by atoms with van der Waals surface area (Å²) in [5.41, 5.74) is 5.41. The first kappa shape index (κ1) is 21.1. The van der Waals surface area contributed by atoms with Crippen molar-refractivity contribution in [1.82, 2.24) is 0 Å². The highest BCUT2D eigenvalue weighted by atomic mass is 35.5. The zero-order valence-electron chi connectivity index (χ0n) is 12.9. The van der Waals surface area contributed by atoms with E-state index >= 15 is 0 Å². The van der Waals surface area contributed by atoms with Crippen molar-refractivity contribution in [3.63, 3.8) is 0 Å². The van der Waals surface area contributed by atoms with Gasteiger partial charge in [-0.2, -0.15) is 0 Å². The van der Waals surface area contributed by atoms with Gasteiger partial charge in [-0.1, -0.05) is 44.2 Å². The summed E-state index contributed by atoms with van der Waals surface area (Å²) in [4.78, 5) is 21.3. The van der Waals surface area contributed by atoms with Gasteiger partial charge in [-0.3, -0.25) is 9.36 Å². The molecule has 2 unspecified atom stereocenters. The minimum Gasteiger partial charge on any atom is -0.480 e. The number of carbonyl (C=O) groups is 1. The van der Waals surface area contributed by atoms with Crippen LogP contribution in [0.4, 0.5) is 0 Å². The van der Waals surface area contributed by atoms with Gasteiger partial charge in [0.25, 0.3) is 0 Å². The largest absolute Gasteiger partial charge is 0.480 e. The summed E-state index contributed by atoms with van der Waals surface area (Å²) in [6.45, 7) is 3.42. The van der Waals surface area contributed by atoms with Crippen molar-refractivity contribution < 1.29 is 19.4 Å². The Labute approximate surface area is 137 Å². The van der Waals surface area contributed by atoms with Gasteiger partial charge < -0.3 is 15.7 Å². The van der Waals surface area contributed by atoms with E-state index in [2.05, 4.69) is 0 Å². The average Bonchev–Trinajstić information content (AvgIpc) is 2.43. The Kier molecular flexibility index (Phi) is 8.34. The van der Waals surface area contributed by atoms with E-state index in [1.54, 1.807) is 13.8 Å². The Morgan fingerprint density at radius 3 is 2.27 bits per heavy atom. The van der Waals surface area contributed by atoms with Crippen LogP contribution in [0, 0.1) is 5.92 Å². The van der Waals surface area contributed by atoms with E-state index in [1.807, 2.05) is 30.3 Å². The molecule has 1 aromatic rings. The Balaban J connectivity index is 0.00000441. The van der Waals surface area contributed by atoms with Crippen LogP contribution in [0.1, 0.15) is 25.8 Å². The van der Waals surface area contributed by atoms with Crippen molar-refractivity contribution in [2.75, 3.05) is 12.3 Å². The first-order valence-electron chi connectivity index (χ1n) is 7.04. The molecule has 0 radical (unpaired) electrons. The van der Waals surface area contributed by atoms with Gasteiger partial charge in [-0.15, -0.1) is 12.4 Å². The fourth-order valence-electron chi connectivity index (χ4n) is 2.06. The molecule has 0 aromatic heterocycles. The van der Waals surface area contributed by atoms with E-state index in [4.69, 9.17) is 5.73 Å². The number of hydrogen-bond donors (Lipinski definition) is 3. The van der Waals surface area contributed by atoms with Gasteiger partial charge in [-0.25, -0.2) is 0 Å². The Hall–Kier alpha value is -0.870. The molecular weight excluding hydrogens is 325 g/mol. The molecule has 0 aliphatic carbocycles. The highest BCUT2D eigenvalue weighted by Crippen LogP contribution is 2.43. The Morgan fingerprint density at radius 2 is 1.82 bits per heavy atom. The number of hydrogen-bond acceptors (Lipinski definition) is 3. The molecule has 0 heterocycles. The van der Waals surface area contributed by atoms with Gasteiger partial charge in [0.2, 0.25) is 7.37 Å². The van der Waals surface area contributed by atoms with E-state index in [-0.39, 0.29) is 37.1 Å². The van der Waals surface area contributed by atoms with Crippen molar-refractivity contribution in [1.29, 1.82) is 0 Å². The van der Waals surface area contributed by atoms with Crippen molar-refractivity contribution in [3.05, 3.63) is 35.9 Å². The maximum Gasteiger partial charge on any atom is 0.323 e. The lowest BCUT2D eigenvalue weighted by Gasteiger charge is -2.29. The Morgan fingerprint density at radius 1 is 1.27 bits per heavy atom. The SMILES string of the molecule is CC(C)C(N)(CCP(=O)(O)CCc1ccccc1)C(=O)O.Cl. The highest BCUT2D eigenvalue weighted by Gasteiger charge is 2.39. The minimum atomic E-state index is -3.38. The molecule has 1 rings (SSSR count). The van der Waals surface area contributed by atoms with E-state index in [9.17, 15) is 19.4 Å². The number of rotatable bonds is 8. The van der Waals surface area contributed by atoms with Gasteiger partial charge in [0.05, 0.1) is 0 Å². The van der Waals surface area contributed by atoms with E-state index in [0.29, 0.717) is 6.42 Å². The molecule has 2 atom stereocenters. The third kappa shape index (κ3) is 6.09. The predicted octanol–water partition coefficient (Wildman–Crippen LogP) is 2.75. The maximum atomic E-state index is 12.2. The number of benzene rings is 1. The molecule has 7 heteroatoms. The molecule has 0 spiro atoms. The summed E-state index contributed by atoms with van der Waals surface area (Å²) in [5.74, 6) is -1.43. The second-order valence-corrected chi connectivity index (χ2v) is 8.37. The second-order valence-electron chi connectivity index (χ2n) is 5.78. The topological polar surface area (TPSA) is 101 Å². The lowest BCUT2D eigenvalue weighted by Crippen LogP contribution is -2.53. The lowest BCUT2D eigenvalue weighted by atomic mass is 9.85. The van der Waals surface area contributed by atoms with Crippen LogP contribution in [0.15, 0.2) is 30.3 Å². The van der Waals surface area contributed by atoms with Gasteiger partial charge in [0.15, 0.2) is 0 Å². The zero-order valence-corrected chi connectivity index (χ0v) is 14.6. The molecular formula is C15H25ClNO4P. The first-order valence-corrected chi connectivity index (χ1v) is 9.07. The smallest absolute Gasteiger partial charge is 0.323 e. The predicted molar refractivity (Wildman–Crippen MR) is 91.0 cm³/mol. The number of carboxylic acid groups (broad SMARTS) is 1.